The molecule has 0 unspecified atom stereocenters. The van der Waals surface area contributed by atoms with Gasteiger partial charge < -0.3 is 10.5 Å². The van der Waals surface area contributed by atoms with E-state index in [1.807, 2.05) is 16.9 Å². The number of hydrogen-bond acceptors (Lipinski definition) is 3. The van der Waals surface area contributed by atoms with Gasteiger partial charge in [0.15, 0.2) is 0 Å². The second-order valence-electron chi connectivity index (χ2n) is 3.24. The molecule has 0 radical (unpaired) electrons. The first-order chi connectivity index (χ1) is 6.86. The van der Waals surface area contributed by atoms with Gasteiger partial charge in [-0.25, -0.2) is 0 Å². The van der Waals surface area contributed by atoms with Crippen LogP contribution in [0.25, 0.3) is 0 Å². The molecule has 0 bridgehead atoms. The predicted molar refractivity (Wildman–Crippen MR) is 55.8 cm³/mol. The molecule has 0 amide bonds. The van der Waals surface area contributed by atoms with Gasteiger partial charge in [-0.2, -0.15) is 5.10 Å². The van der Waals surface area contributed by atoms with E-state index in [1.54, 1.807) is 0 Å². The lowest BCUT2D eigenvalue weighted by atomic mass is 10.4. The highest BCUT2D eigenvalue weighted by atomic mass is 16.5. The van der Waals surface area contributed by atoms with Crippen molar-refractivity contribution in [2.75, 3.05) is 13.2 Å². The Morgan fingerprint density at radius 3 is 3.00 bits per heavy atom. The smallest absolute Gasteiger partial charge is 0.0760 e. The number of unbranched alkanes of at least 4 members (excludes halogenated alkanes) is 1. The van der Waals surface area contributed by atoms with E-state index < -0.39 is 0 Å². The van der Waals surface area contributed by atoms with Gasteiger partial charge in [0.1, 0.15) is 0 Å². The summed E-state index contributed by atoms with van der Waals surface area (Å²) in [4.78, 5) is 0. The van der Waals surface area contributed by atoms with Crippen LogP contribution in [0, 0.1) is 0 Å². The third kappa shape index (κ3) is 3.89. The molecule has 1 aromatic rings. The predicted octanol–water partition coefficient (Wildman–Crippen LogP) is 1.16. The first kappa shape index (κ1) is 11.2. The zero-order chi connectivity index (χ0) is 10.2. The van der Waals surface area contributed by atoms with Gasteiger partial charge in [-0.15, -0.1) is 0 Å². The zero-order valence-corrected chi connectivity index (χ0v) is 8.78. The van der Waals surface area contributed by atoms with Crippen molar-refractivity contribution in [3.63, 3.8) is 0 Å². The van der Waals surface area contributed by atoms with Crippen LogP contribution in [-0.4, -0.2) is 23.0 Å². The monoisotopic (exact) mass is 197 g/mol. The van der Waals surface area contributed by atoms with E-state index in [2.05, 4.69) is 12.0 Å². The summed E-state index contributed by atoms with van der Waals surface area (Å²) in [6, 6.07) is 1.94. The molecule has 80 valence electrons. The molecule has 1 aromatic heterocycles. The first-order valence-electron chi connectivity index (χ1n) is 5.17. The molecule has 0 atom stereocenters. The molecule has 14 heavy (non-hydrogen) atoms. The summed E-state index contributed by atoms with van der Waals surface area (Å²) in [6.07, 6.45) is 4.25. The number of nitrogens with two attached hydrogens (primary N) is 1. The summed E-state index contributed by atoms with van der Waals surface area (Å²) in [5, 5.41) is 4.26. The van der Waals surface area contributed by atoms with Crippen LogP contribution in [0.5, 0.6) is 0 Å². The van der Waals surface area contributed by atoms with Crippen molar-refractivity contribution in [2.24, 2.45) is 5.73 Å². The fraction of sp³-hybridized carbons (Fsp3) is 0.700. The van der Waals surface area contributed by atoms with E-state index in [9.17, 15) is 0 Å². The van der Waals surface area contributed by atoms with Crippen molar-refractivity contribution in [1.29, 1.82) is 0 Å². The van der Waals surface area contributed by atoms with Gasteiger partial charge in [0.25, 0.3) is 0 Å². The fourth-order valence-corrected chi connectivity index (χ4v) is 1.14. The Bertz CT molecular complexity index is 247. The van der Waals surface area contributed by atoms with Gasteiger partial charge in [-0.05, 0) is 12.5 Å². The van der Waals surface area contributed by atoms with Gasteiger partial charge in [-0.3, -0.25) is 4.68 Å². The lowest BCUT2D eigenvalue weighted by Crippen LogP contribution is -2.08. The van der Waals surface area contributed by atoms with Crippen LogP contribution in [-0.2, 0) is 17.8 Å². The molecule has 0 fully saturated rings. The standard InChI is InChI=1S/C10H19N3O/c1-2-3-7-14-8-6-13-5-4-10(9-11)12-13/h4-5H,2-3,6-9,11H2,1H3. The third-order valence-corrected chi connectivity index (χ3v) is 2.01. The van der Waals surface area contributed by atoms with Crippen molar-refractivity contribution in [1.82, 2.24) is 9.78 Å². The van der Waals surface area contributed by atoms with E-state index in [0.717, 1.165) is 31.9 Å². The SMILES string of the molecule is CCCCOCCn1ccc(CN)n1. The molecule has 1 rings (SSSR count). The van der Waals surface area contributed by atoms with Crippen molar-refractivity contribution in [3.8, 4) is 0 Å². The molecule has 0 aliphatic carbocycles. The topological polar surface area (TPSA) is 53.1 Å². The van der Waals surface area contributed by atoms with Crippen molar-refractivity contribution < 1.29 is 4.74 Å². The van der Waals surface area contributed by atoms with Gasteiger partial charge in [-0.1, -0.05) is 13.3 Å². The molecule has 0 aliphatic heterocycles. The highest BCUT2D eigenvalue weighted by Crippen LogP contribution is 1.94. The van der Waals surface area contributed by atoms with Crippen molar-refractivity contribution >= 4 is 0 Å². The highest BCUT2D eigenvalue weighted by molar-refractivity contribution is 4.97. The Morgan fingerprint density at radius 2 is 2.36 bits per heavy atom. The van der Waals surface area contributed by atoms with Crippen LogP contribution in [0.3, 0.4) is 0 Å². The molecule has 4 nitrogen and oxygen atoms in total. The molecule has 2 N–H and O–H groups in total. The lowest BCUT2D eigenvalue weighted by Gasteiger charge is -2.03. The highest BCUT2D eigenvalue weighted by Gasteiger charge is 1.95. The summed E-state index contributed by atoms with van der Waals surface area (Å²) < 4.78 is 7.30. The minimum absolute atomic E-state index is 0.504. The average molecular weight is 197 g/mol. The van der Waals surface area contributed by atoms with Gasteiger partial charge in [0.2, 0.25) is 0 Å². The number of aromatic nitrogens is 2. The van der Waals surface area contributed by atoms with E-state index in [4.69, 9.17) is 10.5 Å². The summed E-state index contributed by atoms with van der Waals surface area (Å²) in [5.41, 5.74) is 6.38. The lowest BCUT2D eigenvalue weighted by molar-refractivity contribution is 0.121. The Morgan fingerprint density at radius 1 is 1.50 bits per heavy atom. The molecule has 0 saturated carbocycles. The van der Waals surface area contributed by atoms with Gasteiger partial charge in [0.05, 0.1) is 18.8 Å². The molecule has 4 heteroatoms. The average Bonchev–Trinajstić information content (AvgIpc) is 2.65. The van der Waals surface area contributed by atoms with E-state index in [-0.39, 0.29) is 0 Å². The van der Waals surface area contributed by atoms with Crippen LogP contribution >= 0.6 is 0 Å². The van der Waals surface area contributed by atoms with Gasteiger partial charge in [0, 0.05) is 19.3 Å². The Balaban J connectivity index is 2.12. The summed E-state index contributed by atoms with van der Waals surface area (Å²) >= 11 is 0. The van der Waals surface area contributed by atoms with Crippen LogP contribution in [0.1, 0.15) is 25.5 Å². The molecule has 0 spiro atoms. The second-order valence-corrected chi connectivity index (χ2v) is 3.24. The maximum atomic E-state index is 5.45. The normalized spacial score (nSPS) is 10.7. The van der Waals surface area contributed by atoms with Crippen LogP contribution in [0.2, 0.25) is 0 Å². The first-order valence-corrected chi connectivity index (χ1v) is 5.17. The quantitative estimate of drug-likeness (QED) is 0.667. The number of rotatable bonds is 7. The maximum Gasteiger partial charge on any atom is 0.0760 e. The van der Waals surface area contributed by atoms with Crippen LogP contribution in [0.15, 0.2) is 12.3 Å². The molecule has 0 saturated heterocycles. The molecular weight excluding hydrogens is 178 g/mol. The number of nitrogens with zero attached hydrogens (tertiary/aromatic N) is 2. The summed E-state index contributed by atoms with van der Waals surface area (Å²) in [6.45, 7) is 5.05. The van der Waals surface area contributed by atoms with Crippen molar-refractivity contribution in [2.45, 2.75) is 32.9 Å². The van der Waals surface area contributed by atoms with Gasteiger partial charge >= 0.3 is 0 Å². The summed E-state index contributed by atoms with van der Waals surface area (Å²) in [7, 11) is 0. The fourth-order valence-electron chi connectivity index (χ4n) is 1.14. The number of hydrogen-bond donors (Lipinski definition) is 1. The third-order valence-electron chi connectivity index (χ3n) is 2.01. The zero-order valence-electron chi connectivity index (χ0n) is 8.78. The largest absolute Gasteiger partial charge is 0.380 e. The molecule has 0 aliphatic rings. The van der Waals surface area contributed by atoms with E-state index in [1.165, 1.54) is 6.42 Å². The Labute approximate surface area is 85.0 Å². The van der Waals surface area contributed by atoms with Crippen LogP contribution < -0.4 is 5.73 Å². The second kappa shape index (κ2) is 6.56. The van der Waals surface area contributed by atoms with E-state index >= 15 is 0 Å². The van der Waals surface area contributed by atoms with Crippen LogP contribution in [0.4, 0.5) is 0 Å². The Hall–Kier alpha value is -0.870. The molecule has 1 heterocycles. The molecule has 0 aromatic carbocycles. The maximum absolute atomic E-state index is 5.45. The number of ether oxygens (including phenoxy) is 1. The molecular formula is C10H19N3O. The minimum atomic E-state index is 0.504. The Kier molecular flexibility index (Phi) is 5.25. The minimum Gasteiger partial charge on any atom is -0.380 e. The van der Waals surface area contributed by atoms with E-state index in [0.29, 0.717) is 6.54 Å². The summed E-state index contributed by atoms with van der Waals surface area (Å²) in [5.74, 6) is 0. The van der Waals surface area contributed by atoms with Crippen molar-refractivity contribution in [3.05, 3.63) is 18.0 Å².